The van der Waals surface area contributed by atoms with Crippen LogP contribution in [0.2, 0.25) is 0 Å². The number of aliphatic carboxylic acids is 1. The van der Waals surface area contributed by atoms with Gasteiger partial charge in [-0.15, -0.1) is 11.3 Å². The summed E-state index contributed by atoms with van der Waals surface area (Å²) in [6, 6.07) is 11.5. The van der Waals surface area contributed by atoms with E-state index >= 15 is 0 Å². The van der Waals surface area contributed by atoms with E-state index in [-0.39, 0.29) is 6.04 Å². The van der Waals surface area contributed by atoms with Crippen molar-refractivity contribution in [2.75, 3.05) is 13.7 Å². The SMILES string of the molecule is COc1ccc(C(c2ccc(Br)s2)N2CCCC2C(=O)O)cc1. The van der Waals surface area contributed by atoms with Crippen LogP contribution in [0.25, 0.3) is 0 Å². The fourth-order valence-corrected chi connectivity index (χ4v) is 4.72. The van der Waals surface area contributed by atoms with Crippen LogP contribution in [0.5, 0.6) is 5.75 Å². The molecule has 0 spiro atoms. The Morgan fingerprint density at radius 1 is 1.35 bits per heavy atom. The lowest BCUT2D eigenvalue weighted by Gasteiger charge is -2.31. The third-order valence-electron chi connectivity index (χ3n) is 4.21. The molecule has 1 aromatic carbocycles. The molecule has 3 rings (SSSR count). The van der Waals surface area contributed by atoms with E-state index < -0.39 is 12.0 Å². The first-order valence-electron chi connectivity index (χ1n) is 7.48. The zero-order valence-electron chi connectivity index (χ0n) is 12.7. The molecule has 1 aromatic heterocycles. The number of hydrogen-bond acceptors (Lipinski definition) is 4. The molecular weight excluding hydrogens is 378 g/mol. The van der Waals surface area contributed by atoms with Crippen LogP contribution in [-0.2, 0) is 4.79 Å². The number of halogens is 1. The van der Waals surface area contributed by atoms with Crippen LogP contribution < -0.4 is 4.74 Å². The van der Waals surface area contributed by atoms with Gasteiger partial charge in [-0.1, -0.05) is 12.1 Å². The number of hydrogen-bond donors (Lipinski definition) is 1. The monoisotopic (exact) mass is 395 g/mol. The van der Waals surface area contributed by atoms with Crippen LogP contribution >= 0.6 is 27.3 Å². The number of ether oxygens (including phenoxy) is 1. The van der Waals surface area contributed by atoms with Crippen molar-refractivity contribution in [1.82, 2.24) is 4.90 Å². The summed E-state index contributed by atoms with van der Waals surface area (Å²) in [5, 5.41) is 9.55. The molecule has 2 unspecified atom stereocenters. The zero-order valence-corrected chi connectivity index (χ0v) is 15.1. The molecule has 1 aliphatic rings. The van der Waals surface area contributed by atoms with Gasteiger partial charge in [0, 0.05) is 11.4 Å². The molecule has 0 radical (unpaired) electrons. The van der Waals surface area contributed by atoms with Crippen LogP contribution in [0, 0.1) is 0 Å². The van der Waals surface area contributed by atoms with Gasteiger partial charge in [-0.2, -0.15) is 0 Å². The average Bonchev–Trinajstić information content (AvgIpc) is 3.18. The third kappa shape index (κ3) is 3.44. The second-order valence-electron chi connectivity index (χ2n) is 5.55. The average molecular weight is 396 g/mol. The topological polar surface area (TPSA) is 49.8 Å². The molecule has 0 saturated carbocycles. The molecule has 4 nitrogen and oxygen atoms in total. The van der Waals surface area contributed by atoms with Gasteiger partial charge in [0.25, 0.3) is 0 Å². The number of methoxy groups -OCH3 is 1. The zero-order chi connectivity index (χ0) is 16.4. The largest absolute Gasteiger partial charge is 0.497 e. The first-order valence-corrected chi connectivity index (χ1v) is 9.09. The van der Waals surface area contributed by atoms with Gasteiger partial charge in [0.05, 0.1) is 16.9 Å². The minimum atomic E-state index is -0.739. The summed E-state index contributed by atoms with van der Waals surface area (Å²) < 4.78 is 6.28. The van der Waals surface area contributed by atoms with Crippen molar-refractivity contribution in [3.05, 3.63) is 50.6 Å². The highest BCUT2D eigenvalue weighted by Crippen LogP contribution is 2.39. The first kappa shape index (κ1) is 16.5. The van der Waals surface area contributed by atoms with Gasteiger partial charge in [0.2, 0.25) is 0 Å². The smallest absolute Gasteiger partial charge is 0.320 e. The van der Waals surface area contributed by atoms with Crippen molar-refractivity contribution >= 4 is 33.2 Å². The Labute approximate surface area is 147 Å². The predicted molar refractivity (Wildman–Crippen MR) is 94.2 cm³/mol. The van der Waals surface area contributed by atoms with Crippen LogP contribution in [-0.4, -0.2) is 35.7 Å². The van der Waals surface area contributed by atoms with Crippen molar-refractivity contribution in [1.29, 1.82) is 0 Å². The minimum absolute atomic E-state index is 0.0409. The molecule has 122 valence electrons. The van der Waals surface area contributed by atoms with Crippen molar-refractivity contribution < 1.29 is 14.6 Å². The lowest BCUT2D eigenvalue weighted by Crippen LogP contribution is -2.38. The maximum absolute atomic E-state index is 11.6. The van der Waals surface area contributed by atoms with E-state index in [4.69, 9.17) is 4.74 Å². The van der Waals surface area contributed by atoms with Gasteiger partial charge in [0.1, 0.15) is 11.8 Å². The second-order valence-corrected chi connectivity index (χ2v) is 8.05. The van der Waals surface area contributed by atoms with E-state index in [1.807, 2.05) is 30.3 Å². The van der Waals surface area contributed by atoms with Gasteiger partial charge < -0.3 is 9.84 Å². The van der Waals surface area contributed by atoms with E-state index in [1.54, 1.807) is 18.4 Å². The fraction of sp³-hybridized carbons (Fsp3) is 0.353. The van der Waals surface area contributed by atoms with Gasteiger partial charge in [-0.25, -0.2) is 0 Å². The Kier molecular flexibility index (Phi) is 5.04. The Morgan fingerprint density at radius 3 is 2.65 bits per heavy atom. The summed E-state index contributed by atoms with van der Waals surface area (Å²) in [6.45, 7) is 0.795. The highest BCUT2D eigenvalue weighted by molar-refractivity contribution is 9.11. The normalized spacial score (nSPS) is 19.7. The number of carboxylic acids is 1. The number of carboxylic acid groups (broad SMARTS) is 1. The van der Waals surface area contributed by atoms with Crippen molar-refractivity contribution in [2.45, 2.75) is 24.9 Å². The summed E-state index contributed by atoms with van der Waals surface area (Å²) in [5.74, 6) is 0.0627. The molecular formula is C17H18BrNO3S. The molecule has 2 aromatic rings. The summed E-state index contributed by atoms with van der Waals surface area (Å²) in [6.07, 6.45) is 1.62. The quantitative estimate of drug-likeness (QED) is 0.825. The minimum Gasteiger partial charge on any atom is -0.497 e. The highest BCUT2D eigenvalue weighted by Gasteiger charge is 2.37. The maximum Gasteiger partial charge on any atom is 0.320 e. The molecule has 2 heterocycles. The Hall–Kier alpha value is -1.37. The van der Waals surface area contributed by atoms with E-state index in [2.05, 4.69) is 26.9 Å². The number of rotatable bonds is 5. The lowest BCUT2D eigenvalue weighted by atomic mass is 10.0. The molecule has 0 aliphatic carbocycles. The molecule has 2 atom stereocenters. The molecule has 1 aliphatic heterocycles. The van der Waals surface area contributed by atoms with E-state index in [0.29, 0.717) is 6.42 Å². The van der Waals surface area contributed by atoms with Crippen molar-refractivity contribution in [2.24, 2.45) is 0 Å². The van der Waals surface area contributed by atoms with Crippen molar-refractivity contribution in [3.63, 3.8) is 0 Å². The number of carbonyl (C=O) groups is 1. The maximum atomic E-state index is 11.6. The number of nitrogens with zero attached hydrogens (tertiary/aromatic N) is 1. The van der Waals surface area contributed by atoms with Crippen LogP contribution in [0.4, 0.5) is 0 Å². The van der Waals surface area contributed by atoms with Gasteiger partial charge in [-0.3, -0.25) is 9.69 Å². The summed E-state index contributed by atoms with van der Waals surface area (Å²) >= 11 is 5.16. The Balaban J connectivity index is 2.01. The number of likely N-dealkylation sites (tertiary alicyclic amines) is 1. The van der Waals surface area contributed by atoms with Crippen LogP contribution in [0.1, 0.15) is 29.3 Å². The lowest BCUT2D eigenvalue weighted by molar-refractivity contribution is -0.142. The summed E-state index contributed by atoms with van der Waals surface area (Å²) in [7, 11) is 1.64. The third-order valence-corrected chi connectivity index (χ3v) is 5.88. The van der Waals surface area contributed by atoms with Crippen LogP contribution in [0.3, 0.4) is 0 Å². The number of benzene rings is 1. The molecule has 1 saturated heterocycles. The van der Waals surface area contributed by atoms with Crippen molar-refractivity contribution in [3.8, 4) is 5.75 Å². The second kappa shape index (κ2) is 7.03. The molecule has 1 fully saturated rings. The highest BCUT2D eigenvalue weighted by atomic mass is 79.9. The van der Waals surface area contributed by atoms with Crippen LogP contribution in [0.15, 0.2) is 40.2 Å². The van der Waals surface area contributed by atoms with E-state index in [9.17, 15) is 9.90 Å². The Morgan fingerprint density at radius 2 is 2.09 bits per heavy atom. The molecule has 0 bridgehead atoms. The van der Waals surface area contributed by atoms with Gasteiger partial charge in [-0.05, 0) is 58.6 Å². The summed E-state index contributed by atoms with van der Waals surface area (Å²) in [4.78, 5) is 14.9. The molecule has 1 N–H and O–H groups in total. The number of thiophene rings is 1. The molecule has 23 heavy (non-hydrogen) atoms. The predicted octanol–water partition coefficient (Wildman–Crippen LogP) is 4.16. The van der Waals surface area contributed by atoms with Gasteiger partial charge in [0.15, 0.2) is 0 Å². The first-order chi connectivity index (χ1) is 11.1. The van der Waals surface area contributed by atoms with E-state index in [1.165, 1.54) is 0 Å². The molecule has 6 heteroatoms. The fourth-order valence-electron chi connectivity index (χ4n) is 3.14. The van der Waals surface area contributed by atoms with E-state index in [0.717, 1.165) is 32.9 Å². The Bertz CT molecular complexity index is 685. The standard InChI is InChI=1S/C17H18BrNO3S/c1-22-12-6-4-11(5-7-12)16(14-8-9-15(18)23-14)19-10-2-3-13(19)17(20)21/h4-9,13,16H,2-3,10H2,1H3,(H,20,21). The van der Waals surface area contributed by atoms with Gasteiger partial charge >= 0.3 is 5.97 Å². The molecule has 0 amide bonds. The summed E-state index contributed by atoms with van der Waals surface area (Å²) in [5.41, 5.74) is 1.09.